The Morgan fingerprint density at radius 3 is 2.72 bits per heavy atom. The molecule has 0 fully saturated rings. The number of hydrogen-bond donors (Lipinski definition) is 0. The van der Waals surface area contributed by atoms with Gasteiger partial charge in [-0.05, 0) is 31.0 Å². The number of anilines is 1. The van der Waals surface area contributed by atoms with Gasteiger partial charge in [0.25, 0.3) is 11.6 Å². The molecule has 1 amide bonds. The summed E-state index contributed by atoms with van der Waals surface area (Å²) in [6.07, 6.45) is 0.916. The molecule has 7 heteroatoms. The van der Waals surface area contributed by atoms with Crippen LogP contribution >= 0.6 is 11.6 Å². The zero-order chi connectivity index (χ0) is 18.1. The summed E-state index contributed by atoms with van der Waals surface area (Å²) in [7, 11) is 0. The van der Waals surface area contributed by atoms with Crippen LogP contribution in [0.4, 0.5) is 11.4 Å². The Morgan fingerprint density at radius 2 is 2.04 bits per heavy atom. The number of fused-ring (bicyclic) bond motifs is 1. The Labute approximate surface area is 149 Å². The van der Waals surface area contributed by atoms with Gasteiger partial charge < -0.3 is 4.90 Å². The van der Waals surface area contributed by atoms with Crippen molar-refractivity contribution < 1.29 is 14.5 Å². The second-order valence-corrected chi connectivity index (χ2v) is 6.28. The number of carbonyl (C=O) groups excluding carboxylic acids is 2. The van der Waals surface area contributed by atoms with Gasteiger partial charge in [-0.25, -0.2) is 0 Å². The number of hydrogen-bond acceptors (Lipinski definition) is 4. The second-order valence-electron chi connectivity index (χ2n) is 5.87. The van der Waals surface area contributed by atoms with Crippen LogP contribution in [0.25, 0.3) is 0 Å². The summed E-state index contributed by atoms with van der Waals surface area (Å²) in [4.78, 5) is 37.2. The van der Waals surface area contributed by atoms with Crippen molar-refractivity contribution in [3.8, 4) is 0 Å². The number of rotatable bonds is 2. The van der Waals surface area contributed by atoms with E-state index >= 15 is 0 Å². The molecule has 0 N–H and O–H groups in total. The highest BCUT2D eigenvalue weighted by Crippen LogP contribution is 2.32. The minimum Gasteiger partial charge on any atom is -0.308 e. The van der Waals surface area contributed by atoms with Crippen molar-refractivity contribution in [3.05, 3.63) is 68.2 Å². The van der Waals surface area contributed by atoms with Gasteiger partial charge in [-0.1, -0.05) is 23.7 Å². The van der Waals surface area contributed by atoms with Crippen molar-refractivity contribution in [3.63, 3.8) is 0 Å². The first-order valence-electron chi connectivity index (χ1n) is 7.79. The number of carbonyl (C=O) groups is 2. The van der Waals surface area contributed by atoms with Crippen LogP contribution in [-0.4, -0.2) is 23.2 Å². The van der Waals surface area contributed by atoms with E-state index in [-0.39, 0.29) is 28.0 Å². The van der Waals surface area contributed by atoms with Crippen LogP contribution in [0.1, 0.15) is 39.1 Å². The Morgan fingerprint density at radius 1 is 1.28 bits per heavy atom. The summed E-state index contributed by atoms with van der Waals surface area (Å²) < 4.78 is 0. The maximum atomic E-state index is 13.0. The molecule has 0 saturated heterocycles. The number of amides is 1. The second kappa shape index (κ2) is 6.64. The molecule has 1 aliphatic heterocycles. The minimum absolute atomic E-state index is 0.0122. The van der Waals surface area contributed by atoms with Crippen molar-refractivity contribution in [1.29, 1.82) is 0 Å². The number of Topliss-reactive ketones (excluding diaryl/α,β-unsaturated/α-hetero) is 1. The first-order chi connectivity index (χ1) is 11.9. The normalized spacial score (nSPS) is 14.0. The summed E-state index contributed by atoms with van der Waals surface area (Å²) in [5, 5.41) is 10.9. The third kappa shape index (κ3) is 3.13. The molecule has 0 bridgehead atoms. The predicted molar refractivity (Wildman–Crippen MR) is 94.5 cm³/mol. The topological polar surface area (TPSA) is 80.5 Å². The maximum Gasteiger partial charge on any atom is 0.270 e. The summed E-state index contributed by atoms with van der Waals surface area (Å²) in [6, 6.07) is 9.13. The molecular weight excluding hydrogens is 344 g/mol. The van der Waals surface area contributed by atoms with Crippen LogP contribution in [0.15, 0.2) is 36.4 Å². The maximum absolute atomic E-state index is 13.0. The lowest BCUT2D eigenvalue weighted by Gasteiger charge is -2.23. The number of aryl methyl sites for hydroxylation is 1. The van der Waals surface area contributed by atoms with Gasteiger partial charge in [0, 0.05) is 30.7 Å². The lowest BCUT2D eigenvalue weighted by atomic mass is 10.0. The Balaban J connectivity index is 2.06. The minimum atomic E-state index is -0.566. The largest absolute Gasteiger partial charge is 0.308 e. The van der Waals surface area contributed by atoms with E-state index < -0.39 is 4.92 Å². The van der Waals surface area contributed by atoms with Crippen molar-refractivity contribution in [2.75, 3.05) is 11.4 Å². The van der Waals surface area contributed by atoms with Gasteiger partial charge in [0.2, 0.25) is 0 Å². The SMILES string of the molecule is Cc1cccc2c1C(=O)CCCN2C(=O)c1ccc([N+](=O)[O-])cc1Cl. The number of benzene rings is 2. The standard InChI is InChI=1S/C18H15ClN2O4/c1-11-4-2-5-15-17(11)16(22)6-3-9-20(15)18(23)13-8-7-12(21(24)25)10-14(13)19/h2,4-5,7-8,10H,3,6,9H2,1H3. The van der Waals surface area contributed by atoms with E-state index in [4.69, 9.17) is 11.6 Å². The zero-order valence-electron chi connectivity index (χ0n) is 13.5. The van der Waals surface area contributed by atoms with E-state index in [9.17, 15) is 19.7 Å². The van der Waals surface area contributed by atoms with E-state index in [1.54, 1.807) is 12.1 Å². The lowest BCUT2D eigenvalue weighted by molar-refractivity contribution is -0.384. The van der Waals surface area contributed by atoms with Gasteiger partial charge in [0.05, 0.1) is 21.2 Å². The third-order valence-corrected chi connectivity index (χ3v) is 4.56. The fourth-order valence-corrected chi connectivity index (χ4v) is 3.29. The van der Waals surface area contributed by atoms with Gasteiger partial charge in [0.15, 0.2) is 5.78 Å². The number of non-ortho nitro benzene ring substituents is 1. The van der Waals surface area contributed by atoms with Gasteiger partial charge in [0.1, 0.15) is 0 Å². The molecule has 0 saturated carbocycles. The molecule has 0 spiro atoms. The number of nitro benzene ring substituents is 1. The van der Waals surface area contributed by atoms with Gasteiger partial charge >= 0.3 is 0 Å². The molecule has 3 rings (SSSR count). The number of halogens is 1. The molecule has 25 heavy (non-hydrogen) atoms. The fourth-order valence-electron chi connectivity index (χ4n) is 3.03. The van der Waals surface area contributed by atoms with Crippen molar-refractivity contribution in [2.24, 2.45) is 0 Å². The van der Waals surface area contributed by atoms with E-state index in [0.717, 1.165) is 11.6 Å². The fraction of sp³-hybridized carbons (Fsp3) is 0.222. The smallest absolute Gasteiger partial charge is 0.270 e. The Bertz CT molecular complexity index is 895. The highest BCUT2D eigenvalue weighted by Gasteiger charge is 2.28. The molecule has 6 nitrogen and oxygen atoms in total. The van der Waals surface area contributed by atoms with Crippen molar-refractivity contribution >= 4 is 34.7 Å². The zero-order valence-corrected chi connectivity index (χ0v) is 14.2. The average molecular weight is 359 g/mol. The molecule has 0 aromatic heterocycles. The number of nitrogens with zero attached hydrogens (tertiary/aromatic N) is 2. The molecule has 0 radical (unpaired) electrons. The van der Waals surface area contributed by atoms with Crippen LogP contribution < -0.4 is 4.90 Å². The molecule has 0 unspecified atom stereocenters. The molecule has 2 aromatic rings. The van der Waals surface area contributed by atoms with Crippen molar-refractivity contribution in [1.82, 2.24) is 0 Å². The van der Waals surface area contributed by atoms with Crippen LogP contribution in [0.2, 0.25) is 5.02 Å². The quantitative estimate of drug-likeness (QED) is 0.595. The summed E-state index contributed by atoms with van der Waals surface area (Å²) in [6.45, 7) is 2.22. The molecule has 1 aliphatic rings. The molecule has 2 aromatic carbocycles. The van der Waals surface area contributed by atoms with E-state index in [1.807, 2.05) is 13.0 Å². The first-order valence-corrected chi connectivity index (χ1v) is 8.16. The Hall–Kier alpha value is -2.73. The lowest BCUT2D eigenvalue weighted by Crippen LogP contribution is -2.32. The van der Waals surface area contributed by atoms with Crippen LogP contribution in [0, 0.1) is 17.0 Å². The highest BCUT2D eigenvalue weighted by atomic mass is 35.5. The average Bonchev–Trinajstić information content (AvgIpc) is 2.74. The monoisotopic (exact) mass is 358 g/mol. The molecule has 128 valence electrons. The number of nitro groups is 1. The van der Waals surface area contributed by atoms with Crippen molar-refractivity contribution in [2.45, 2.75) is 19.8 Å². The molecule has 0 aliphatic carbocycles. The summed E-state index contributed by atoms with van der Waals surface area (Å²) in [5.41, 5.74) is 1.92. The van der Waals surface area contributed by atoms with Gasteiger partial charge in [-0.15, -0.1) is 0 Å². The summed E-state index contributed by atoms with van der Waals surface area (Å²) >= 11 is 6.10. The Kier molecular flexibility index (Phi) is 4.55. The van der Waals surface area contributed by atoms with Crippen LogP contribution in [0.3, 0.4) is 0 Å². The van der Waals surface area contributed by atoms with E-state index in [0.29, 0.717) is 30.6 Å². The summed E-state index contributed by atoms with van der Waals surface area (Å²) in [5.74, 6) is -0.361. The van der Waals surface area contributed by atoms with Crippen LogP contribution in [-0.2, 0) is 0 Å². The van der Waals surface area contributed by atoms with Gasteiger partial charge in [-0.3, -0.25) is 19.7 Å². The molecular formula is C18H15ClN2O4. The molecule has 0 atom stereocenters. The van der Waals surface area contributed by atoms with E-state index in [2.05, 4.69) is 0 Å². The molecule has 1 heterocycles. The highest BCUT2D eigenvalue weighted by molar-refractivity contribution is 6.35. The van der Waals surface area contributed by atoms with E-state index in [1.165, 1.54) is 17.0 Å². The van der Waals surface area contributed by atoms with Crippen LogP contribution in [0.5, 0.6) is 0 Å². The predicted octanol–water partition coefficient (Wildman–Crippen LogP) is 4.18. The van der Waals surface area contributed by atoms with Gasteiger partial charge in [-0.2, -0.15) is 0 Å². The first kappa shape index (κ1) is 17.1. The number of ketones is 1. The third-order valence-electron chi connectivity index (χ3n) is 4.25.